The van der Waals surface area contributed by atoms with Crippen molar-refractivity contribution >= 4 is 11.9 Å². The Morgan fingerprint density at radius 3 is 2.71 bits per heavy atom. The summed E-state index contributed by atoms with van der Waals surface area (Å²) in [5, 5.41) is 16.3. The number of nitrogens with zero attached hydrogens (tertiary/aromatic N) is 2. The second-order valence-corrected chi connectivity index (χ2v) is 6.25. The van der Waals surface area contributed by atoms with Crippen molar-refractivity contribution in [3.63, 3.8) is 0 Å². The Bertz CT molecular complexity index is 711. The number of aromatic nitrogens is 2. The summed E-state index contributed by atoms with van der Waals surface area (Å²) in [6.45, 7) is 0.403. The Morgan fingerprint density at radius 2 is 1.96 bits per heavy atom. The van der Waals surface area contributed by atoms with Crippen LogP contribution in [0.1, 0.15) is 31.2 Å². The molecule has 2 N–H and O–H groups in total. The van der Waals surface area contributed by atoms with Crippen LogP contribution >= 0.6 is 0 Å². The first-order valence-electron chi connectivity index (χ1n) is 8.23. The van der Waals surface area contributed by atoms with Crippen LogP contribution in [0.4, 0.5) is 0 Å². The van der Waals surface area contributed by atoms with E-state index in [1.165, 1.54) is 0 Å². The number of carbonyl (C=O) groups is 2. The molecule has 1 heterocycles. The lowest BCUT2D eigenvalue weighted by atomic mass is 9.81. The van der Waals surface area contributed by atoms with E-state index >= 15 is 0 Å². The van der Waals surface area contributed by atoms with Gasteiger partial charge in [0.1, 0.15) is 0 Å². The van der Waals surface area contributed by atoms with Gasteiger partial charge < -0.3 is 10.4 Å². The number of carboxylic acids is 1. The van der Waals surface area contributed by atoms with Crippen LogP contribution in [0.3, 0.4) is 0 Å². The minimum atomic E-state index is -0.795. The summed E-state index contributed by atoms with van der Waals surface area (Å²) in [5.74, 6) is -1.45. The summed E-state index contributed by atoms with van der Waals surface area (Å²) in [6.07, 6.45) is 6.28. The number of carbonyl (C=O) groups excluding carboxylic acids is 1. The van der Waals surface area contributed by atoms with Crippen molar-refractivity contribution in [1.29, 1.82) is 0 Å². The van der Waals surface area contributed by atoms with Gasteiger partial charge in [0.15, 0.2) is 0 Å². The van der Waals surface area contributed by atoms with E-state index in [2.05, 4.69) is 10.4 Å². The maximum Gasteiger partial charge on any atom is 0.306 e. The van der Waals surface area contributed by atoms with Crippen molar-refractivity contribution in [2.75, 3.05) is 0 Å². The molecule has 0 spiro atoms. The molecule has 0 aliphatic heterocycles. The first-order valence-corrected chi connectivity index (χ1v) is 8.23. The van der Waals surface area contributed by atoms with Gasteiger partial charge in [-0.05, 0) is 31.4 Å². The minimum absolute atomic E-state index is 0.0617. The van der Waals surface area contributed by atoms with Crippen LogP contribution in [-0.2, 0) is 16.1 Å². The normalized spacial score (nSPS) is 20.5. The molecule has 2 unspecified atom stereocenters. The topological polar surface area (TPSA) is 84.2 Å². The molecule has 1 aromatic carbocycles. The molecule has 0 radical (unpaired) electrons. The molecule has 1 fully saturated rings. The van der Waals surface area contributed by atoms with Gasteiger partial charge in [0, 0.05) is 24.2 Å². The summed E-state index contributed by atoms with van der Waals surface area (Å²) in [4.78, 5) is 23.4. The van der Waals surface area contributed by atoms with E-state index in [0.29, 0.717) is 19.4 Å². The van der Waals surface area contributed by atoms with Crippen molar-refractivity contribution in [3.8, 4) is 5.69 Å². The molecule has 1 saturated carbocycles. The number of aliphatic carboxylic acids is 1. The Balaban J connectivity index is 1.55. The monoisotopic (exact) mass is 327 g/mol. The highest BCUT2D eigenvalue weighted by molar-refractivity contribution is 5.80. The van der Waals surface area contributed by atoms with Crippen LogP contribution in [0.2, 0.25) is 0 Å². The molecule has 1 amide bonds. The van der Waals surface area contributed by atoms with E-state index in [0.717, 1.165) is 24.1 Å². The average molecular weight is 327 g/mol. The number of hydrogen-bond acceptors (Lipinski definition) is 3. The second-order valence-electron chi connectivity index (χ2n) is 6.25. The number of benzene rings is 1. The van der Waals surface area contributed by atoms with Gasteiger partial charge in [-0.3, -0.25) is 9.59 Å². The molecule has 0 saturated heterocycles. The predicted molar refractivity (Wildman–Crippen MR) is 88.5 cm³/mol. The SMILES string of the molecule is O=C(O)C1CCCC(C(=O)NCc2cnn(-c3ccccc3)c2)C1. The van der Waals surface area contributed by atoms with E-state index in [1.807, 2.05) is 36.5 Å². The lowest BCUT2D eigenvalue weighted by molar-refractivity contribution is -0.144. The number of para-hydroxylation sites is 1. The molecule has 2 aromatic rings. The van der Waals surface area contributed by atoms with Crippen molar-refractivity contribution in [3.05, 3.63) is 48.3 Å². The fourth-order valence-corrected chi connectivity index (χ4v) is 3.16. The molecule has 1 aromatic heterocycles. The molecular weight excluding hydrogens is 306 g/mol. The first-order chi connectivity index (χ1) is 11.6. The molecular formula is C18H21N3O3. The van der Waals surface area contributed by atoms with Crippen LogP contribution in [-0.4, -0.2) is 26.8 Å². The summed E-state index contributed by atoms with van der Waals surface area (Å²) < 4.78 is 1.77. The highest BCUT2D eigenvalue weighted by atomic mass is 16.4. The minimum Gasteiger partial charge on any atom is -0.481 e. The van der Waals surface area contributed by atoms with Gasteiger partial charge in [0.05, 0.1) is 17.8 Å². The number of hydrogen-bond donors (Lipinski definition) is 2. The van der Waals surface area contributed by atoms with Crippen molar-refractivity contribution in [2.24, 2.45) is 11.8 Å². The second kappa shape index (κ2) is 7.29. The molecule has 24 heavy (non-hydrogen) atoms. The Kier molecular flexibility index (Phi) is 4.93. The van der Waals surface area contributed by atoms with Gasteiger partial charge in [-0.2, -0.15) is 5.10 Å². The third-order valence-corrected chi connectivity index (χ3v) is 4.52. The van der Waals surface area contributed by atoms with Gasteiger partial charge >= 0.3 is 5.97 Å². The highest BCUT2D eigenvalue weighted by Crippen LogP contribution is 2.29. The van der Waals surface area contributed by atoms with Gasteiger partial charge in [-0.25, -0.2) is 4.68 Å². The molecule has 3 rings (SSSR count). The van der Waals surface area contributed by atoms with Gasteiger partial charge in [-0.15, -0.1) is 0 Å². The van der Waals surface area contributed by atoms with Gasteiger partial charge in [0.2, 0.25) is 5.91 Å². The lowest BCUT2D eigenvalue weighted by Crippen LogP contribution is -2.35. The van der Waals surface area contributed by atoms with Gasteiger partial charge in [-0.1, -0.05) is 24.6 Å². The molecule has 126 valence electrons. The van der Waals surface area contributed by atoms with Crippen molar-refractivity contribution in [2.45, 2.75) is 32.2 Å². The largest absolute Gasteiger partial charge is 0.481 e. The molecule has 0 bridgehead atoms. The molecule has 6 nitrogen and oxygen atoms in total. The fraction of sp³-hybridized carbons (Fsp3) is 0.389. The predicted octanol–water partition coefficient (Wildman–Crippen LogP) is 2.38. The van der Waals surface area contributed by atoms with Crippen LogP contribution < -0.4 is 5.32 Å². The number of amides is 1. The van der Waals surface area contributed by atoms with Crippen LogP contribution in [0.25, 0.3) is 5.69 Å². The number of carboxylic acid groups (broad SMARTS) is 1. The molecule has 6 heteroatoms. The molecule has 1 aliphatic rings. The van der Waals surface area contributed by atoms with Crippen LogP contribution in [0, 0.1) is 11.8 Å². The Labute approximate surface area is 140 Å². The van der Waals surface area contributed by atoms with E-state index in [-0.39, 0.29) is 11.8 Å². The quantitative estimate of drug-likeness (QED) is 0.883. The number of nitrogens with one attached hydrogen (secondary N) is 1. The maximum absolute atomic E-state index is 12.3. The fourth-order valence-electron chi connectivity index (χ4n) is 3.16. The summed E-state index contributed by atoms with van der Waals surface area (Å²) in [5.41, 5.74) is 1.88. The Hall–Kier alpha value is -2.63. The lowest BCUT2D eigenvalue weighted by Gasteiger charge is -2.25. The zero-order valence-corrected chi connectivity index (χ0v) is 13.4. The highest BCUT2D eigenvalue weighted by Gasteiger charge is 2.30. The van der Waals surface area contributed by atoms with Gasteiger partial charge in [0.25, 0.3) is 0 Å². The van der Waals surface area contributed by atoms with Crippen LogP contribution in [0.5, 0.6) is 0 Å². The average Bonchev–Trinajstić information content (AvgIpc) is 3.09. The van der Waals surface area contributed by atoms with Crippen molar-refractivity contribution in [1.82, 2.24) is 15.1 Å². The zero-order chi connectivity index (χ0) is 16.9. The van der Waals surface area contributed by atoms with E-state index < -0.39 is 11.9 Å². The van der Waals surface area contributed by atoms with Crippen LogP contribution in [0.15, 0.2) is 42.7 Å². The summed E-state index contributed by atoms with van der Waals surface area (Å²) in [7, 11) is 0. The third-order valence-electron chi connectivity index (χ3n) is 4.52. The molecule has 2 atom stereocenters. The standard InChI is InChI=1S/C18H21N3O3/c22-17(14-5-4-6-15(9-14)18(23)24)19-10-13-11-20-21(12-13)16-7-2-1-3-8-16/h1-3,7-8,11-12,14-15H,4-6,9-10H2,(H,19,22)(H,23,24). The Morgan fingerprint density at radius 1 is 1.21 bits per heavy atom. The first kappa shape index (κ1) is 16.2. The smallest absolute Gasteiger partial charge is 0.306 e. The zero-order valence-electron chi connectivity index (χ0n) is 13.4. The van der Waals surface area contributed by atoms with Crippen molar-refractivity contribution < 1.29 is 14.7 Å². The van der Waals surface area contributed by atoms with E-state index in [9.17, 15) is 9.59 Å². The van der Waals surface area contributed by atoms with E-state index in [4.69, 9.17) is 5.11 Å². The summed E-state index contributed by atoms with van der Waals surface area (Å²) in [6, 6.07) is 9.76. The third kappa shape index (κ3) is 3.82. The maximum atomic E-state index is 12.3. The summed E-state index contributed by atoms with van der Waals surface area (Å²) >= 11 is 0. The van der Waals surface area contributed by atoms with E-state index in [1.54, 1.807) is 10.9 Å². The number of rotatable bonds is 5. The molecule has 1 aliphatic carbocycles.